The lowest BCUT2D eigenvalue weighted by Crippen LogP contribution is -2.68. The van der Waals surface area contributed by atoms with Crippen molar-refractivity contribution in [1.29, 1.82) is 0 Å². The predicted octanol–water partition coefficient (Wildman–Crippen LogP) is 3.02. The summed E-state index contributed by atoms with van der Waals surface area (Å²) in [7, 11) is 0. The number of rotatable bonds is 1. The topological polar surface area (TPSA) is 6.48 Å². The first-order valence-corrected chi connectivity index (χ1v) is 6.71. The smallest absolute Gasteiger partial charge is 0.0798 e. The lowest BCUT2D eigenvalue weighted by Gasteiger charge is -2.60. The number of para-hydroxylation sites is 1. The zero-order chi connectivity index (χ0) is 12.0. The summed E-state index contributed by atoms with van der Waals surface area (Å²) in [5, 5.41) is 0. The van der Waals surface area contributed by atoms with Crippen molar-refractivity contribution in [3.05, 3.63) is 29.8 Å². The molecule has 3 heterocycles. The summed E-state index contributed by atoms with van der Waals surface area (Å²) >= 11 is 0. The van der Waals surface area contributed by atoms with Crippen LogP contribution in [-0.2, 0) is 0 Å². The highest BCUT2D eigenvalue weighted by Crippen LogP contribution is 2.41. The van der Waals surface area contributed by atoms with E-state index in [4.69, 9.17) is 0 Å². The fraction of sp³-hybridized carbons (Fsp3) is 0.600. The fourth-order valence-electron chi connectivity index (χ4n) is 3.56. The van der Waals surface area contributed by atoms with Gasteiger partial charge in [-0.3, -0.25) is 4.90 Å². The molecule has 0 amide bonds. The number of anilines is 1. The Kier molecular flexibility index (Phi) is 2.44. The van der Waals surface area contributed by atoms with Gasteiger partial charge in [0.25, 0.3) is 0 Å². The van der Waals surface area contributed by atoms with Gasteiger partial charge in [-0.2, -0.15) is 0 Å². The molecule has 0 aromatic heterocycles. The third-order valence-electron chi connectivity index (χ3n) is 4.73. The van der Waals surface area contributed by atoms with E-state index in [-0.39, 0.29) is 0 Å². The highest BCUT2D eigenvalue weighted by molar-refractivity contribution is 5.56. The molecule has 3 saturated heterocycles. The van der Waals surface area contributed by atoms with E-state index in [1.165, 1.54) is 37.2 Å². The highest BCUT2D eigenvalue weighted by atomic mass is 15.4. The molecule has 2 heteroatoms. The Morgan fingerprint density at radius 2 is 1.82 bits per heavy atom. The normalized spacial score (nSPS) is 36.3. The Hall–Kier alpha value is -1.02. The molecule has 1 atom stereocenters. The molecule has 2 nitrogen and oxygen atoms in total. The van der Waals surface area contributed by atoms with Crippen molar-refractivity contribution in [1.82, 2.24) is 4.90 Å². The Morgan fingerprint density at radius 3 is 2.41 bits per heavy atom. The molecule has 1 unspecified atom stereocenters. The molecular weight excluding hydrogens is 208 g/mol. The molecule has 0 radical (unpaired) electrons. The summed E-state index contributed by atoms with van der Waals surface area (Å²) in [4.78, 5) is 5.26. The van der Waals surface area contributed by atoms with Gasteiger partial charge >= 0.3 is 0 Å². The Bertz CT molecular complexity index is 419. The summed E-state index contributed by atoms with van der Waals surface area (Å²) in [6.45, 7) is 9.54. The molecule has 2 bridgehead atoms. The van der Waals surface area contributed by atoms with Crippen LogP contribution in [0.1, 0.15) is 32.3 Å². The third kappa shape index (κ3) is 1.58. The van der Waals surface area contributed by atoms with Gasteiger partial charge in [0.2, 0.25) is 0 Å². The van der Waals surface area contributed by atoms with Crippen molar-refractivity contribution < 1.29 is 0 Å². The number of nitrogens with zero attached hydrogens (tertiary/aromatic N) is 2. The molecule has 4 rings (SSSR count). The van der Waals surface area contributed by atoms with Gasteiger partial charge in [0.15, 0.2) is 0 Å². The second-order valence-corrected chi connectivity index (χ2v) is 5.82. The summed E-state index contributed by atoms with van der Waals surface area (Å²) in [6, 6.07) is 8.80. The van der Waals surface area contributed by atoms with Crippen molar-refractivity contribution in [3.63, 3.8) is 0 Å². The van der Waals surface area contributed by atoms with E-state index in [0.717, 1.165) is 0 Å². The molecule has 92 valence electrons. The highest BCUT2D eigenvalue weighted by Gasteiger charge is 2.46. The van der Waals surface area contributed by atoms with E-state index < -0.39 is 0 Å². The molecule has 3 fully saturated rings. The maximum atomic E-state index is 2.65. The second-order valence-electron chi connectivity index (χ2n) is 5.82. The van der Waals surface area contributed by atoms with Gasteiger partial charge in [0.1, 0.15) is 0 Å². The average Bonchev–Trinajstić information content (AvgIpc) is 2.31. The number of hydrogen-bond donors (Lipinski definition) is 0. The summed E-state index contributed by atoms with van der Waals surface area (Å²) in [5.41, 5.74) is 3.18. The largest absolute Gasteiger partial charge is 0.350 e. The van der Waals surface area contributed by atoms with Gasteiger partial charge in [-0.15, -0.1) is 0 Å². The fourth-order valence-corrected chi connectivity index (χ4v) is 3.56. The van der Waals surface area contributed by atoms with Gasteiger partial charge in [0.05, 0.1) is 6.17 Å². The summed E-state index contributed by atoms with van der Waals surface area (Å²) in [5.74, 6) is 0. The second kappa shape index (κ2) is 3.74. The summed E-state index contributed by atoms with van der Waals surface area (Å²) < 4.78 is 0. The van der Waals surface area contributed by atoms with E-state index >= 15 is 0 Å². The van der Waals surface area contributed by atoms with Crippen LogP contribution in [0.4, 0.5) is 5.69 Å². The molecule has 0 saturated carbocycles. The maximum absolute atomic E-state index is 2.65. The first kappa shape index (κ1) is 11.1. The molecule has 3 aliphatic heterocycles. The molecule has 0 spiro atoms. The van der Waals surface area contributed by atoms with Crippen LogP contribution < -0.4 is 4.90 Å². The van der Waals surface area contributed by atoms with E-state index in [2.05, 4.69) is 54.8 Å². The van der Waals surface area contributed by atoms with Crippen molar-refractivity contribution in [2.45, 2.75) is 45.3 Å². The molecule has 1 aromatic carbocycles. The lowest BCUT2D eigenvalue weighted by atomic mass is 9.82. The molecule has 1 aromatic rings. The monoisotopic (exact) mass is 230 g/mol. The molecule has 0 aliphatic carbocycles. The minimum absolute atomic E-state index is 0.361. The van der Waals surface area contributed by atoms with Crippen molar-refractivity contribution >= 4 is 5.69 Å². The first-order chi connectivity index (χ1) is 8.12. The number of aryl methyl sites for hydroxylation is 1. The molecular formula is C15H22N2. The SMILES string of the molecule is Cc1ccccc1N1C(C)N2CCC1(C)CC2. The van der Waals surface area contributed by atoms with Gasteiger partial charge in [-0.25, -0.2) is 0 Å². The van der Waals surface area contributed by atoms with Crippen LogP contribution in [0, 0.1) is 6.92 Å². The number of fused-ring (bicyclic) bond motifs is 3. The predicted molar refractivity (Wildman–Crippen MR) is 72.3 cm³/mol. The quantitative estimate of drug-likeness (QED) is 0.731. The minimum Gasteiger partial charge on any atom is -0.350 e. The number of hydrogen-bond acceptors (Lipinski definition) is 2. The molecule has 3 aliphatic rings. The Labute approximate surface area is 104 Å². The third-order valence-corrected chi connectivity index (χ3v) is 4.73. The van der Waals surface area contributed by atoms with Gasteiger partial charge in [0, 0.05) is 24.3 Å². The van der Waals surface area contributed by atoms with E-state index in [1.54, 1.807) is 0 Å². The number of piperidine rings is 1. The zero-order valence-corrected chi connectivity index (χ0v) is 11.1. The number of benzene rings is 1. The zero-order valence-electron chi connectivity index (χ0n) is 11.1. The van der Waals surface area contributed by atoms with Gasteiger partial charge < -0.3 is 4.90 Å². The van der Waals surface area contributed by atoms with E-state index in [0.29, 0.717) is 11.7 Å². The van der Waals surface area contributed by atoms with E-state index in [1.807, 2.05) is 0 Å². The maximum Gasteiger partial charge on any atom is 0.0798 e. The summed E-state index contributed by atoms with van der Waals surface area (Å²) in [6.07, 6.45) is 3.14. The molecule has 17 heavy (non-hydrogen) atoms. The van der Waals surface area contributed by atoms with Crippen LogP contribution in [0.5, 0.6) is 0 Å². The van der Waals surface area contributed by atoms with Crippen molar-refractivity contribution in [2.24, 2.45) is 0 Å². The Balaban J connectivity index is 2.05. The lowest BCUT2D eigenvalue weighted by molar-refractivity contribution is 0.0486. The van der Waals surface area contributed by atoms with Crippen LogP contribution in [0.15, 0.2) is 24.3 Å². The van der Waals surface area contributed by atoms with Crippen molar-refractivity contribution in [2.75, 3.05) is 18.0 Å². The Morgan fingerprint density at radius 1 is 1.18 bits per heavy atom. The first-order valence-electron chi connectivity index (χ1n) is 6.71. The minimum atomic E-state index is 0.361. The van der Waals surface area contributed by atoms with Crippen LogP contribution >= 0.6 is 0 Å². The van der Waals surface area contributed by atoms with Crippen LogP contribution in [0.3, 0.4) is 0 Å². The van der Waals surface area contributed by atoms with Gasteiger partial charge in [-0.05, 0) is 45.2 Å². The van der Waals surface area contributed by atoms with Crippen LogP contribution in [0.2, 0.25) is 0 Å². The van der Waals surface area contributed by atoms with E-state index in [9.17, 15) is 0 Å². The standard InChI is InChI=1S/C15H22N2/c1-12-6-4-5-7-14(12)17-13(2)16-10-8-15(17,3)9-11-16/h4-7,13H,8-11H2,1-3H3. The molecule has 0 N–H and O–H groups in total. The van der Waals surface area contributed by atoms with Gasteiger partial charge in [-0.1, -0.05) is 18.2 Å². The van der Waals surface area contributed by atoms with Crippen LogP contribution in [0.25, 0.3) is 0 Å². The van der Waals surface area contributed by atoms with Crippen molar-refractivity contribution in [3.8, 4) is 0 Å². The average molecular weight is 230 g/mol. The van der Waals surface area contributed by atoms with Crippen LogP contribution in [-0.4, -0.2) is 29.7 Å².